The van der Waals surface area contributed by atoms with Crippen LogP contribution in [-0.4, -0.2) is 29.4 Å². The molecule has 4 heteroatoms. The van der Waals surface area contributed by atoms with E-state index in [2.05, 4.69) is 6.58 Å². The van der Waals surface area contributed by atoms with Crippen LogP contribution in [0.25, 0.3) is 0 Å². The lowest BCUT2D eigenvalue weighted by Gasteiger charge is -2.37. The molecule has 1 aliphatic carbocycles. The number of amides is 1. The summed E-state index contributed by atoms with van der Waals surface area (Å²) in [5, 5.41) is 0. The minimum atomic E-state index is -0.859. The van der Waals surface area contributed by atoms with Gasteiger partial charge in [-0.2, -0.15) is 0 Å². The van der Waals surface area contributed by atoms with E-state index >= 15 is 0 Å². The summed E-state index contributed by atoms with van der Waals surface area (Å²) >= 11 is 0. The molecular weight excluding hydrogens is 266 g/mol. The number of hydrogen-bond acceptors (Lipinski definition) is 3. The molecule has 4 nitrogen and oxygen atoms in total. The summed E-state index contributed by atoms with van der Waals surface area (Å²) in [6.45, 7) is 4.45. The van der Waals surface area contributed by atoms with Gasteiger partial charge in [0.2, 0.25) is 5.91 Å². The molecule has 1 saturated carbocycles. The average Bonchev–Trinajstić information content (AvgIpc) is 2.69. The van der Waals surface area contributed by atoms with E-state index in [9.17, 15) is 9.59 Å². The Morgan fingerprint density at radius 1 is 1.43 bits per heavy atom. The van der Waals surface area contributed by atoms with Crippen LogP contribution in [0.2, 0.25) is 0 Å². The number of hydrogen-bond donors (Lipinski definition) is 0. The van der Waals surface area contributed by atoms with Crippen molar-refractivity contribution >= 4 is 11.9 Å². The van der Waals surface area contributed by atoms with Crippen LogP contribution < -0.4 is 0 Å². The lowest BCUT2D eigenvalue weighted by Crippen LogP contribution is -2.52. The van der Waals surface area contributed by atoms with Crippen LogP contribution in [0, 0.1) is 5.92 Å². The molecule has 0 N–H and O–H groups in total. The summed E-state index contributed by atoms with van der Waals surface area (Å²) in [4.78, 5) is 26.7. The molecule has 2 bridgehead atoms. The maximum Gasteiger partial charge on any atom is 0.332 e. The highest BCUT2D eigenvalue weighted by Crippen LogP contribution is 2.47. The van der Waals surface area contributed by atoms with Crippen molar-refractivity contribution in [1.82, 2.24) is 4.90 Å². The molecule has 3 rings (SSSR count). The molecule has 1 saturated heterocycles. The Hall–Kier alpha value is -2.10. The largest absolute Gasteiger partial charge is 0.467 e. The van der Waals surface area contributed by atoms with Crippen molar-refractivity contribution in [2.24, 2.45) is 5.92 Å². The number of rotatable bonds is 3. The van der Waals surface area contributed by atoms with Crippen LogP contribution in [0.5, 0.6) is 0 Å². The Labute approximate surface area is 124 Å². The van der Waals surface area contributed by atoms with Gasteiger partial charge in [0.25, 0.3) is 0 Å². The van der Waals surface area contributed by atoms with E-state index in [1.807, 2.05) is 30.3 Å². The van der Waals surface area contributed by atoms with Gasteiger partial charge in [-0.3, -0.25) is 4.79 Å². The lowest BCUT2D eigenvalue weighted by atomic mass is 9.77. The Bertz CT molecular complexity index is 595. The second-order valence-corrected chi connectivity index (χ2v) is 5.97. The molecule has 2 fully saturated rings. The highest BCUT2D eigenvalue weighted by molar-refractivity contribution is 5.94. The van der Waals surface area contributed by atoms with E-state index in [4.69, 9.17) is 4.74 Å². The minimum absolute atomic E-state index is 0.0444. The van der Waals surface area contributed by atoms with Crippen LogP contribution in [0.4, 0.5) is 0 Å². The number of carbonyl (C=O) groups excluding carboxylic acids is 2. The van der Waals surface area contributed by atoms with Gasteiger partial charge in [0.1, 0.15) is 5.54 Å². The number of fused-ring (bicyclic) bond motifs is 2. The third kappa shape index (κ3) is 2.15. The van der Waals surface area contributed by atoms with E-state index in [1.54, 1.807) is 4.90 Å². The van der Waals surface area contributed by atoms with Crippen LogP contribution in [0.1, 0.15) is 24.8 Å². The molecule has 1 amide bonds. The van der Waals surface area contributed by atoms with Gasteiger partial charge in [-0.05, 0) is 18.4 Å². The van der Waals surface area contributed by atoms with E-state index in [0.717, 1.165) is 11.1 Å². The summed E-state index contributed by atoms with van der Waals surface area (Å²) in [7, 11) is 1.38. The summed E-state index contributed by atoms with van der Waals surface area (Å²) in [6.07, 6.45) is 1.74. The van der Waals surface area contributed by atoms with Gasteiger partial charge in [-0.1, -0.05) is 42.5 Å². The zero-order valence-electron chi connectivity index (χ0n) is 12.2. The summed E-state index contributed by atoms with van der Waals surface area (Å²) in [5.41, 5.74) is 1.12. The second kappa shape index (κ2) is 5.02. The Morgan fingerprint density at radius 3 is 2.81 bits per heavy atom. The molecule has 110 valence electrons. The molecule has 0 aromatic heterocycles. The Kier molecular flexibility index (Phi) is 3.32. The van der Waals surface area contributed by atoms with Crippen LogP contribution in [-0.2, 0) is 20.9 Å². The third-order valence-corrected chi connectivity index (χ3v) is 4.54. The molecule has 1 aromatic carbocycles. The molecule has 1 aliphatic heterocycles. The van der Waals surface area contributed by atoms with Crippen molar-refractivity contribution in [3.8, 4) is 0 Å². The zero-order valence-corrected chi connectivity index (χ0v) is 12.2. The normalized spacial score (nSPS) is 27.9. The number of esters is 1. The highest BCUT2D eigenvalue weighted by Gasteiger charge is 2.58. The number of nitrogens with zero attached hydrogens (tertiary/aromatic N) is 1. The summed E-state index contributed by atoms with van der Waals surface area (Å²) in [6, 6.07) is 9.74. The fourth-order valence-corrected chi connectivity index (χ4v) is 3.65. The first-order chi connectivity index (χ1) is 10.1. The fraction of sp³-hybridized carbons (Fsp3) is 0.412. The van der Waals surface area contributed by atoms with Gasteiger partial charge < -0.3 is 9.64 Å². The zero-order chi connectivity index (χ0) is 15.0. The Morgan fingerprint density at radius 2 is 2.14 bits per heavy atom. The Balaban J connectivity index is 1.98. The first-order valence-corrected chi connectivity index (χ1v) is 7.17. The van der Waals surface area contributed by atoms with Gasteiger partial charge in [-0.15, -0.1) is 0 Å². The first kappa shape index (κ1) is 13.9. The number of ether oxygens (including phenoxy) is 1. The van der Waals surface area contributed by atoms with Crippen molar-refractivity contribution in [1.29, 1.82) is 0 Å². The molecule has 1 heterocycles. The van der Waals surface area contributed by atoms with Crippen molar-refractivity contribution in [3.63, 3.8) is 0 Å². The van der Waals surface area contributed by atoms with E-state index < -0.39 is 5.54 Å². The average molecular weight is 285 g/mol. The van der Waals surface area contributed by atoms with Gasteiger partial charge in [-0.25, -0.2) is 4.79 Å². The molecular formula is C17H19NO3. The van der Waals surface area contributed by atoms with Crippen molar-refractivity contribution in [3.05, 3.63) is 48.0 Å². The number of carbonyl (C=O) groups is 2. The van der Waals surface area contributed by atoms with Gasteiger partial charge in [0.15, 0.2) is 0 Å². The molecule has 0 radical (unpaired) electrons. The quantitative estimate of drug-likeness (QED) is 0.632. The predicted octanol–water partition coefficient (Wildman–Crippen LogP) is 2.30. The predicted molar refractivity (Wildman–Crippen MR) is 78.2 cm³/mol. The van der Waals surface area contributed by atoms with E-state index in [-0.39, 0.29) is 17.8 Å². The lowest BCUT2D eigenvalue weighted by molar-refractivity contribution is -0.157. The number of methoxy groups -OCH3 is 1. The van der Waals surface area contributed by atoms with Gasteiger partial charge in [0, 0.05) is 18.9 Å². The van der Waals surface area contributed by atoms with E-state index in [1.165, 1.54) is 7.11 Å². The SMILES string of the molecule is C=C1CC2CC(C(=O)OC)(C1)N(Cc1ccccc1)C2=O. The molecule has 1 aromatic rings. The van der Waals surface area contributed by atoms with Crippen molar-refractivity contribution in [2.45, 2.75) is 31.3 Å². The summed E-state index contributed by atoms with van der Waals surface area (Å²) < 4.78 is 5.00. The van der Waals surface area contributed by atoms with Crippen LogP contribution in [0.15, 0.2) is 42.5 Å². The van der Waals surface area contributed by atoms with E-state index in [0.29, 0.717) is 25.8 Å². The van der Waals surface area contributed by atoms with Crippen molar-refractivity contribution in [2.75, 3.05) is 7.11 Å². The molecule has 2 aliphatic rings. The monoisotopic (exact) mass is 285 g/mol. The smallest absolute Gasteiger partial charge is 0.332 e. The van der Waals surface area contributed by atoms with Gasteiger partial charge >= 0.3 is 5.97 Å². The minimum Gasteiger partial charge on any atom is -0.467 e. The molecule has 2 atom stereocenters. The number of benzene rings is 1. The maximum absolute atomic E-state index is 12.6. The molecule has 21 heavy (non-hydrogen) atoms. The standard InChI is InChI=1S/C17H19NO3/c1-12-8-14-10-17(9-12,16(20)21-2)18(15(14)19)11-13-6-4-3-5-7-13/h3-7,14H,1,8-11H2,2H3. The van der Waals surface area contributed by atoms with Crippen LogP contribution in [0.3, 0.4) is 0 Å². The summed E-state index contributed by atoms with van der Waals surface area (Å²) in [5.74, 6) is -0.410. The highest BCUT2D eigenvalue weighted by atomic mass is 16.5. The third-order valence-electron chi connectivity index (χ3n) is 4.54. The van der Waals surface area contributed by atoms with Crippen molar-refractivity contribution < 1.29 is 14.3 Å². The fourth-order valence-electron chi connectivity index (χ4n) is 3.65. The van der Waals surface area contributed by atoms with Crippen LogP contribution >= 0.6 is 0 Å². The second-order valence-electron chi connectivity index (χ2n) is 5.97. The molecule has 2 unspecified atom stereocenters. The maximum atomic E-state index is 12.6. The van der Waals surface area contributed by atoms with Gasteiger partial charge in [0.05, 0.1) is 7.11 Å². The number of likely N-dealkylation sites (tertiary alicyclic amines) is 1. The first-order valence-electron chi connectivity index (χ1n) is 7.17. The molecule has 0 spiro atoms. The topological polar surface area (TPSA) is 46.6 Å².